The Morgan fingerprint density at radius 3 is 2.68 bits per heavy atom. The molecule has 1 aromatic carbocycles. The Morgan fingerprint density at radius 1 is 1.18 bits per heavy atom. The molecule has 0 aromatic heterocycles. The van der Waals surface area contributed by atoms with Gasteiger partial charge in [-0.15, -0.1) is 0 Å². The molecule has 1 unspecified atom stereocenters. The number of nitrogens with zero attached hydrogens (tertiary/aromatic N) is 2. The second-order valence-corrected chi connectivity index (χ2v) is 7.41. The molecule has 2 heterocycles. The third kappa shape index (κ3) is 4.02. The topological polar surface area (TPSA) is 26.7 Å². The van der Waals surface area contributed by atoms with Gasteiger partial charge in [-0.25, -0.2) is 0 Å². The zero-order chi connectivity index (χ0) is 15.5. The van der Waals surface area contributed by atoms with E-state index in [-0.39, 0.29) is 6.10 Å². The van der Waals surface area contributed by atoms with E-state index in [2.05, 4.69) is 22.8 Å². The van der Waals surface area contributed by atoms with Crippen LogP contribution in [0.2, 0.25) is 5.02 Å². The lowest BCUT2D eigenvalue weighted by atomic mass is 9.98. The summed E-state index contributed by atoms with van der Waals surface area (Å²) >= 11 is 6.26. The number of hydrogen-bond donors (Lipinski definition) is 1. The molecule has 1 saturated heterocycles. The molecule has 1 aromatic rings. The van der Waals surface area contributed by atoms with E-state index in [1.165, 1.54) is 24.0 Å². The van der Waals surface area contributed by atoms with Gasteiger partial charge in [-0.1, -0.05) is 30.7 Å². The minimum absolute atomic E-state index is 0.255. The highest BCUT2D eigenvalue weighted by Gasteiger charge is 2.22. The highest BCUT2D eigenvalue weighted by molar-refractivity contribution is 6.31. The van der Waals surface area contributed by atoms with Gasteiger partial charge in [0, 0.05) is 31.2 Å². The van der Waals surface area contributed by atoms with Crippen LogP contribution in [0, 0.1) is 5.92 Å². The number of halogens is 1. The van der Waals surface area contributed by atoms with Gasteiger partial charge >= 0.3 is 0 Å². The Bertz CT molecular complexity index is 500. The Morgan fingerprint density at radius 2 is 1.91 bits per heavy atom. The van der Waals surface area contributed by atoms with Crippen molar-refractivity contribution < 1.29 is 5.11 Å². The average Bonchev–Trinajstić information content (AvgIpc) is 2.50. The van der Waals surface area contributed by atoms with Gasteiger partial charge in [0.25, 0.3) is 0 Å². The van der Waals surface area contributed by atoms with E-state index in [4.69, 9.17) is 11.6 Å². The fourth-order valence-electron chi connectivity index (χ4n) is 3.68. The van der Waals surface area contributed by atoms with Gasteiger partial charge in [-0.05, 0) is 55.5 Å². The second kappa shape index (κ2) is 7.31. The molecule has 0 bridgehead atoms. The van der Waals surface area contributed by atoms with Gasteiger partial charge in [-0.2, -0.15) is 0 Å². The van der Waals surface area contributed by atoms with E-state index < -0.39 is 0 Å². The number of benzene rings is 1. The van der Waals surface area contributed by atoms with Crippen LogP contribution in [-0.2, 0) is 13.0 Å². The van der Waals surface area contributed by atoms with Gasteiger partial charge in [0.1, 0.15) is 0 Å². The molecule has 0 amide bonds. The van der Waals surface area contributed by atoms with Crippen LogP contribution in [0.3, 0.4) is 0 Å². The van der Waals surface area contributed by atoms with Crippen molar-refractivity contribution in [2.75, 3.05) is 32.7 Å². The molecule has 2 aliphatic heterocycles. The first-order valence-corrected chi connectivity index (χ1v) is 8.88. The van der Waals surface area contributed by atoms with Crippen LogP contribution in [0.15, 0.2) is 18.2 Å². The number of fused-ring (bicyclic) bond motifs is 1. The summed E-state index contributed by atoms with van der Waals surface area (Å²) in [4.78, 5) is 4.77. The maximum Gasteiger partial charge on any atom is 0.0793 e. The number of rotatable bonds is 4. The lowest BCUT2D eigenvalue weighted by Gasteiger charge is -2.34. The normalized spacial score (nSPS) is 22.5. The van der Waals surface area contributed by atoms with Crippen LogP contribution in [0.25, 0.3) is 0 Å². The van der Waals surface area contributed by atoms with Crippen LogP contribution in [-0.4, -0.2) is 53.7 Å². The second-order valence-electron chi connectivity index (χ2n) is 7.00. The molecule has 0 aliphatic carbocycles. The molecule has 122 valence electrons. The van der Waals surface area contributed by atoms with Crippen molar-refractivity contribution in [3.05, 3.63) is 34.3 Å². The lowest BCUT2D eigenvalue weighted by Crippen LogP contribution is -2.44. The predicted octanol–water partition coefficient (Wildman–Crippen LogP) is 2.79. The molecule has 0 radical (unpaired) electrons. The van der Waals surface area contributed by atoms with Crippen molar-refractivity contribution in [1.29, 1.82) is 0 Å². The molecule has 0 spiro atoms. The molecular formula is C18H27ClN2O. The van der Waals surface area contributed by atoms with Gasteiger partial charge in [0.2, 0.25) is 0 Å². The van der Waals surface area contributed by atoms with Crippen molar-refractivity contribution in [3.8, 4) is 0 Å². The monoisotopic (exact) mass is 322 g/mol. The first-order chi connectivity index (χ1) is 10.6. The Balaban J connectivity index is 1.49. The lowest BCUT2D eigenvalue weighted by molar-refractivity contribution is 0.0576. The molecule has 0 saturated carbocycles. The van der Waals surface area contributed by atoms with Gasteiger partial charge in [-0.3, -0.25) is 4.90 Å². The number of likely N-dealkylation sites (tertiary alicyclic amines) is 1. The third-order valence-corrected chi connectivity index (χ3v) is 5.46. The molecule has 22 heavy (non-hydrogen) atoms. The Labute approximate surface area is 138 Å². The summed E-state index contributed by atoms with van der Waals surface area (Å²) in [7, 11) is 0. The summed E-state index contributed by atoms with van der Waals surface area (Å²) in [5.41, 5.74) is 2.61. The Kier molecular flexibility index (Phi) is 5.40. The first kappa shape index (κ1) is 16.3. The smallest absolute Gasteiger partial charge is 0.0793 e. The fourth-order valence-corrected chi connectivity index (χ4v) is 3.96. The van der Waals surface area contributed by atoms with E-state index in [0.29, 0.717) is 0 Å². The molecule has 1 atom stereocenters. The van der Waals surface area contributed by atoms with E-state index in [0.717, 1.165) is 56.6 Å². The quantitative estimate of drug-likeness (QED) is 0.923. The SMILES string of the molecule is CC1CCN(CC(O)CN2CCc3c(Cl)cccc3C2)CC1. The molecule has 4 heteroatoms. The molecule has 1 N–H and O–H groups in total. The van der Waals surface area contributed by atoms with Crippen LogP contribution in [0.4, 0.5) is 0 Å². The average molecular weight is 323 g/mol. The van der Waals surface area contributed by atoms with Crippen molar-refractivity contribution >= 4 is 11.6 Å². The third-order valence-electron chi connectivity index (χ3n) is 5.10. The molecule has 3 nitrogen and oxygen atoms in total. The minimum Gasteiger partial charge on any atom is -0.390 e. The van der Waals surface area contributed by atoms with Crippen molar-refractivity contribution in [1.82, 2.24) is 9.80 Å². The number of hydrogen-bond acceptors (Lipinski definition) is 3. The molecule has 3 rings (SSSR count). The number of aliphatic hydroxyl groups excluding tert-OH is 1. The minimum atomic E-state index is -0.255. The van der Waals surface area contributed by atoms with Crippen molar-refractivity contribution in [3.63, 3.8) is 0 Å². The zero-order valence-electron chi connectivity index (χ0n) is 13.5. The summed E-state index contributed by atoms with van der Waals surface area (Å²) < 4.78 is 0. The van der Waals surface area contributed by atoms with Gasteiger partial charge < -0.3 is 10.0 Å². The number of β-amino-alcohol motifs (C(OH)–C–C–N with tert-alkyl or cyclic N) is 1. The zero-order valence-corrected chi connectivity index (χ0v) is 14.2. The van der Waals surface area contributed by atoms with E-state index in [9.17, 15) is 5.11 Å². The van der Waals surface area contributed by atoms with Crippen LogP contribution >= 0.6 is 11.6 Å². The maximum absolute atomic E-state index is 10.4. The number of aliphatic hydroxyl groups is 1. The fraction of sp³-hybridized carbons (Fsp3) is 0.667. The number of piperidine rings is 1. The standard InChI is InChI=1S/C18H27ClN2O/c1-14-5-8-20(9-6-14)12-16(22)13-21-10-7-17-15(11-21)3-2-4-18(17)19/h2-4,14,16,22H,5-13H2,1H3. The largest absolute Gasteiger partial charge is 0.390 e. The maximum atomic E-state index is 10.4. The van der Waals surface area contributed by atoms with Gasteiger partial charge in [0.15, 0.2) is 0 Å². The highest BCUT2D eigenvalue weighted by atomic mass is 35.5. The molecule has 2 aliphatic rings. The van der Waals surface area contributed by atoms with Crippen LogP contribution < -0.4 is 0 Å². The molecule has 1 fully saturated rings. The van der Waals surface area contributed by atoms with Crippen molar-refractivity contribution in [2.24, 2.45) is 5.92 Å². The summed E-state index contributed by atoms with van der Waals surface area (Å²) in [6, 6.07) is 6.16. The summed E-state index contributed by atoms with van der Waals surface area (Å²) in [5.74, 6) is 0.844. The predicted molar refractivity (Wildman–Crippen MR) is 91.3 cm³/mol. The van der Waals surface area contributed by atoms with Crippen molar-refractivity contribution in [2.45, 2.75) is 38.8 Å². The van der Waals surface area contributed by atoms with Gasteiger partial charge in [0.05, 0.1) is 6.10 Å². The van der Waals surface area contributed by atoms with Crippen LogP contribution in [0.5, 0.6) is 0 Å². The van der Waals surface area contributed by atoms with E-state index in [1.807, 2.05) is 12.1 Å². The first-order valence-electron chi connectivity index (χ1n) is 8.51. The Hall–Kier alpha value is -0.610. The summed E-state index contributed by atoms with van der Waals surface area (Å²) in [5, 5.41) is 11.3. The molecular weight excluding hydrogens is 296 g/mol. The summed E-state index contributed by atoms with van der Waals surface area (Å²) in [6.07, 6.45) is 3.27. The van der Waals surface area contributed by atoms with E-state index in [1.54, 1.807) is 0 Å². The highest BCUT2D eigenvalue weighted by Crippen LogP contribution is 2.26. The van der Waals surface area contributed by atoms with E-state index >= 15 is 0 Å². The summed E-state index contributed by atoms with van der Waals surface area (Å²) in [6.45, 7) is 8.07. The van der Waals surface area contributed by atoms with Crippen LogP contribution in [0.1, 0.15) is 30.9 Å².